The number of ether oxygens (including phenoxy) is 1. The maximum Gasteiger partial charge on any atom is 0.269 e. The molecular weight excluding hydrogens is 426 g/mol. The van der Waals surface area contributed by atoms with Gasteiger partial charge in [-0.3, -0.25) is 9.69 Å². The number of benzene rings is 1. The smallest absolute Gasteiger partial charge is 0.269 e. The van der Waals surface area contributed by atoms with E-state index in [4.69, 9.17) is 21.4 Å². The molecule has 4 nitrogen and oxygen atoms in total. The molecule has 0 spiro atoms. The van der Waals surface area contributed by atoms with Crippen molar-refractivity contribution in [1.29, 1.82) is 0 Å². The van der Waals surface area contributed by atoms with Crippen LogP contribution >= 0.6 is 24.0 Å². The van der Waals surface area contributed by atoms with Gasteiger partial charge in [0.1, 0.15) is 17.3 Å². The minimum absolute atomic E-state index is 0.200. The molecule has 0 saturated carbocycles. The molecule has 0 aliphatic rings. The van der Waals surface area contributed by atoms with Gasteiger partial charge in [-0.2, -0.15) is 0 Å². The molecule has 6 heteroatoms. The Labute approximate surface area is 194 Å². The van der Waals surface area contributed by atoms with Gasteiger partial charge in [0.2, 0.25) is 0 Å². The largest absolute Gasteiger partial charge is 0.496 e. The number of methoxy groups -OCH3 is 1. The first kappa shape index (κ1) is 24.4. The molecule has 0 unspecified atom stereocenters. The van der Waals surface area contributed by atoms with Gasteiger partial charge in [0.15, 0.2) is 0 Å². The minimum Gasteiger partial charge on any atom is -0.496 e. The summed E-state index contributed by atoms with van der Waals surface area (Å²) in [5.74, 6) is 1.91. The van der Waals surface area contributed by atoms with E-state index in [-0.39, 0.29) is 5.91 Å². The summed E-state index contributed by atoms with van der Waals surface area (Å²) in [5, 5.41) is 0. The van der Waals surface area contributed by atoms with Gasteiger partial charge in [-0.05, 0) is 67.7 Å². The quantitative estimate of drug-likeness (QED) is 0.170. The summed E-state index contributed by atoms with van der Waals surface area (Å²) in [7, 11) is 1.66. The normalized spacial score (nSPS) is 12.8. The van der Waals surface area contributed by atoms with E-state index in [0.29, 0.717) is 16.4 Å². The number of allylic oxidation sites excluding steroid dienone is 4. The highest BCUT2D eigenvalue weighted by Crippen LogP contribution is 2.24. The zero-order valence-corrected chi connectivity index (χ0v) is 19.8. The lowest BCUT2D eigenvalue weighted by atomic mass is 10.1. The van der Waals surface area contributed by atoms with Crippen molar-refractivity contribution in [1.82, 2.24) is 0 Å². The lowest BCUT2D eigenvalue weighted by Gasteiger charge is -2.17. The van der Waals surface area contributed by atoms with E-state index in [9.17, 15) is 4.79 Å². The standard InChI is InChI=1S/C25H27NO3S2/c1-5-10-23(28-3)19(6-2)13-14-21-15-16-22(29-21)17-24(31-4)25(27)26(18-30)20-11-8-7-9-12-20/h5,7-18H,6H2,1-4H3/b10-5-,14-13+,23-19+,24-17-. The highest BCUT2D eigenvalue weighted by atomic mass is 32.2. The van der Waals surface area contributed by atoms with Crippen LogP contribution in [0.25, 0.3) is 12.2 Å². The highest BCUT2D eigenvalue weighted by molar-refractivity contribution is 8.03. The van der Waals surface area contributed by atoms with E-state index in [2.05, 4.69) is 6.92 Å². The predicted molar refractivity (Wildman–Crippen MR) is 136 cm³/mol. The summed E-state index contributed by atoms with van der Waals surface area (Å²) in [6.45, 7) is 4.03. The molecule has 0 fully saturated rings. The Morgan fingerprint density at radius 2 is 1.87 bits per heavy atom. The molecule has 2 rings (SSSR count). The van der Waals surface area contributed by atoms with Crippen molar-refractivity contribution in [2.24, 2.45) is 0 Å². The fraction of sp³-hybridized carbons (Fsp3) is 0.200. The monoisotopic (exact) mass is 453 g/mol. The number of carbonyl (C=O) groups is 1. The Morgan fingerprint density at radius 3 is 2.45 bits per heavy atom. The van der Waals surface area contributed by atoms with Crippen molar-refractivity contribution in [2.75, 3.05) is 18.3 Å². The molecule has 1 aromatic heterocycles. The van der Waals surface area contributed by atoms with Crippen LogP contribution in [-0.4, -0.2) is 24.8 Å². The first-order chi connectivity index (χ1) is 15.1. The van der Waals surface area contributed by atoms with Gasteiger partial charge in [0.25, 0.3) is 5.91 Å². The number of amides is 1. The Hall–Kier alpha value is -2.83. The second kappa shape index (κ2) is 12.8. The number of hydrogen-bond acceptors (Lipinski definition) is 5. The molecule has 162 valence electrons. The summed E-state index contributed by atoms with van der Waals surface area (Å²) >= 11 is 6.43. The summed E-state index contributed by atoms with van der Waals surface area (Å²) in [5.41, 5.74) is 3.14. The van der Waals surface area contributed by atoms with E-state index in [0.717, 1.165) is 23.4 Å². The highest BCUT2D eigenvalue weighted by Gasteiger charge is 2.18. The Balaban J connectivity index is 2.26. The third-order valence-electron chi connectivity index (χ3n) is 4.39. The molecule has 0 aliphatic heterocycles. The maximum atomic E-state index is 13.0. The van der Waals surface area contributed by atoms with Crippen LogP contribution < -0.4 is 4.90 Å². The van der Waals surface area contributed by atoms with Crippen molar-refractivity contribution < 1.29 is 13.9 Å². The SMILES string of the molecule is C\C=C/C(OC)=C(\C=C\c1ccc(/C=C(\SC)C(=O)N(C=S)c2ccccc2)o1)CC. The first-order valence-electron chi connectivity index (χ1n) is 9.85. The lowest BCUT2D eigenvalue weighted by molar-refractivity contribution is -0.113. The second-order valence-electron chi connectivity index (χ2n) is 6.35. The van der Waals surface area contributed by atoms with Crippen LogP contribution in [0.5, 0.6) is 0 Å². The van der Waals surface area contributed by atoms with E-state index in [1.54, 1.807) is 13.2 Å². The molecule has 31 heavy (non-hydrogen) atoms. The van der Waals surface area contributed by atoms with Crippen LogP contribution in [0.15, 0.2) is 81.3 Å². The Bertz CT molecular complexity index is 1000. The number of thiocarbonyl (C=S) groups is 1. The molecule has 0 radical (unpaired) electrons. The predicted octanol–water partition coefficient (Wildman–Crippen LogP) is 6.87. The van der Waals surface area contributed by atoms with Crippen LogP contribution in [0.1, 0.15) is 31.8 Å². The minimum atomic E-state index is -0.200. The van der Waals surface area contributed by atoms with Crippen molar-refractivity contribution in [3.63, 3.8) is 0 Å². The Morgan fingerprint density at radius 1 is 1.16 bits per heavy atom. The van der Waals surface area contributed by atoms with Crippen molar-refractivity contribution >= 4 is 53.2 Å². The zero-order valence-electron chi connectivity index (χ0n) is 18.2. The van der Waals surface area contributed by atoms with Gasteiger partial charge in [0, 0.05) is 5.69 Å². The number of para-hydroxylation sites is 1. The number of furan rings is 1. The number of hydrogen-bond donors (Lipinski definition) is 0. The average Bonchev–Trinajstić information content (AvgIpc) is 3.25. The topological polar surface area (TPSA) is 42.7 Å². The van der Waals surface area contributed by atoms with E-state index in [1.165, 1.54) is 22.2 Å². The molecule has 2 aromatic rings. The Kier molecular flexibility index (Phi) is 10.1. The summed E-state index contributed by atoms with van der Waals surface area (Å²) in [6, 6.07) is 13.0. The van der Waals surface area contributed by atoms with Gasteiger partial charge in [0.05, 0.1) is 17.5 Å². The molecular formula is C25H27NO3S2. The van der Waals surface area contributed by atoms with Crippen LogP contribution in [0.2, 0.25) is 0 Å². The van der Waals surface area contributed by atoms with Crippen LogP contribution in [0, 0.1) is 0 Å². The third kappa shape index (κ3) is 6.84. The number of rotatable bonds is 10. The van der Waals surface area contributed by atoms with E-state index >= 15 is 0 Å². The average molecular weight is 454 g/mol. The molecule has 1 heterocycles. The third-order valence-corrected chi connectivity index (χ3v) is 5.34. The van der Waals surface area contributed by atoms with Gasteiger partial charge >= 0.3 is 0 Å². The van der Waals surface area contributed by atoms with Gasteiger partial charge in [-0.15, -0.1) is 11.8 Å². The van der Waals surface area contributed by atoms with Gasteiger partial charge in [-0.1, -0.05) is 49.5 Å². The molecule has 0 bridgehead atoms. The molecule has 1 aromatic carbocycles. The number of carbonyl (C=O) groups excluding carboxylic acids is 1. The van der Waals surface area contributed by atoms with Crippen LogP contribution in [0.4, 0.5) is 5.69 Å². The second-order valence-corrected chi connectivity index (χ2v) is 7.41. The summed E-state index contributed by atoms with van der Waals surface area (Å²) in [4.78, 5) is 15.0. The van der Waals surface area contributed by atoms with E-state index in [1.807, 2.05) is 79.9 Å². The summed E-state index contributed by atoms with van der Waals surface area (Å²) < 4.78 is 11.3. The van der Waals surface area contributed by atoms with Gasteiger partial charge in [-0.25, -0.2) is 0 Å². The fourth-order valence-corrected chi connectivity index (χ4v) is 3.54. The molecule has 0 N–H and O–H groups in total. The van der Waals surface area contributed by atoms with Crippen molar-refractivity contribution in [3.05, 3.63) is 88.5 Å². The van der Waals surface area contributed by atoms with E-state index < -0.39 is 0 Å². The van der Waals surface area contributed by atoms with Crippen molar-refractivity contribution in [2.45, 2.75) is 20.3 Å². The number of anilines is 1. The van der Waals surface area contributed by atoms with Crippen LogP contribution in [0.3, 0.4) is 0 Å². The van der Waals surface area contributed by atoms with Crippen molar-refractivity contribution in [3.8, 4) is 0 Å². The molecule has 1 amide bonds. The first-order valence-corrected chi connectivity index (χ1v) is 11.5. The number of nitrogens with zero attached hydrogens (tertiary/aromatic N) is 1. The molecule has 0 atom stereocenters. The molecule has 0 saturated heterocycles. The number of thioether (sulfide) groups is 1. The van der Waals surface area contributed by atoms with Gasteiger partial charge < -0.3 is 9.15 Å². The maximum absolute atomic E-state index is 13.0. The summed E-state index contributed by atoms with van der Waals surface area (Å²) in [6.07, 6.45) is 12.2. The fourth-order valence-electron chi connectivity index (χ4n) is 2.82. The lowest BCUT2D eigenvalue weighted by Crippen LogP contribution is -2.29. The van der Waals surface area contributed by atoms with Crippen LogP contribution in [-0.2, 0) is 9.53 Å². The molecule has 0 aliphatic carbocycles. The zero-order chi connectivity index (χ0) is 22.6.